The fourth-order valence-electron chi connectivity index (χ4n) is 2.73. The minimum Gasteiger partial charge on any atom is -0.391 e. The molecule has 2 rings (SSSR count). The second kappa shape index (κ2) is 7.44. The van der Waals surface area contributed by atoms with Crippen molar-refractivity contribution in [3.8, 4) is 0 Å². The second-order valence-electron chi connectivity index (χ2n) is 5.12. The van der Waals surface area contributed by atoms with Crippen molar-refractivity contribution in [1.82, 2.24) is 0 Å². The van der Waals surface area contributed by atoms with Crippen LogP contribution in [0, 0.1) is 11.7 Å². The molecule has 1 saturated carbocycles. The van der Waals surface area contributed by atoms with Crippen molar-refractivity contribution in [2.24, 2.45) is 11.7 Å². The van der Waals surface area contributed by atoms with E-state index in [1.807, 2.05) is 0 Å². The maximum atomic E-state index is 13.3. The summed E-state index contributed by atoms with van der Waals surface area (Å²) in [5, 5.41) is 10.6. The summed E-state index contributed by atoms with van der Waals surface area (Å²) in [7, 11) is 0. The van der Waals surface area contributed by atoms with Gasteiger partial charge in [0.1, 0.15) is 5.82 Å². The zero-order chi connectivity index (χ0) is 13.1. The number of halogens is 3. The minimum atomic E-state index is -0.622. The SMILES string of the molecule is Cl.N[C@@H](c1cc(F)cc(Cl)c1)[C@H](O)C1CCCCC1. The third kappa shape index (κ3) is 4.32. The fourth-order valence-corrected chi connectivity index (χ4v) is 2.96. The van der Waals surface area contributed by atoms with Crippen LogP contribution in [-0.2, 0) is 0 Å². The molecule has 1 aliphatic rings. The van der Waals surface area contributed by atoms with Crippen molar-refractivity contribution < 1.29 is 9.50 Å². The Morgan fingerprint density at radius 2 is 1.84 bits per heavy atom. The highest BCUT2D eigenvalue weighted by Crippen LogP contribution is 2.32. The van der Waals surface area contributed by atoms with E-state index in [1.165, 1.54) is 18.6 Å². The average Bonchev–Trinajstić information content (AvgIpc) is 2.37. The van der Waals surface area contributed by atoms with Gasteiger partial charge in [-0.15, -0.1) is 12.4 Å². The Morgan fingerprint density at radius 1 is 1.21 bits per heavy atom. The molecular formula is C14H20Cl2FNO. The Kier molecular flexibility index (Phi) is 6.54. The number of nitrogens with two attached hydrogens (primary N) is 1. The summed E-state index contributed by atoms with van der Waals surface area (Å²) in [5.74, 6) is -0.195. The van der Waals surface area contributed by atoms with Crippen LogP contribution in [0.2, 0.25) is 5.02 Å². The predicted octanol–water partition coefficient (Wildman–Crippen LogP) is 3.84. The van der Waals surface area contributed by atoms with Gasteiger partial charge in [0.05, 0.1) is 12.1 Å². The van der Waals surface area contributed by atoms with Crippen molar-refractivity contribution in [3.63, 3.8) is 0 Å². The highest BCUT2D eigenvalue weighted by Gasteiger charge is 2.27. The van der Waals surface area contributed by atoms with Crippen LogP contribution in [0.3, 0.4) is 0 Å². The number of aliphatic hydroxyl groups is 1. The van der Waals surface area contributed by atoms with E-state index in [2.05, 4.69) is 0 Å². The van der Waals surface area contributed by atoms with E-state index >= 15 is 0 Å². The smallest absolute Gasteiger partial charge is 0.125 e. The third-order valence-electron chi connectivity index (χ3n) is 3.77. The molecule has 5 heteroatoms. The van der Waals surface area contributed by atoms with Gasteiger partial charge in [0, 0.05) is 5.02 Å². The topological polar surface area (TPSA) is 46.2 Å². The molecule has 2 atom stereocenters. The van der Waals surface area contributed by atoms with Gasteiger partial charge in [0.15, 0.2) is 0 Å². The summed E-state index contributed by atoms with van der Waals surface area (Å²) in [6.45, 7) is 0. The molecule has 0 unspecified atom stereocenters. The maximum absolute atomic E-state index is 13.3. The highest BCUT2D eigenvalue weighted by atomic mass is 35.5. The summed E-state index contributed by atoms with van der Waals surface area (Å²) in [4.78, 5) is 0. The Labute approximate surface area is 124 Å². The number of aliphatic hydroxyl groups excluding tert-OH is 1. The largest absolute Gasteiger partial charge is 0.391 e. The second-order valence-corrected chi connectivity index (χ2v) is 5.55. The molecule has 0 bridgehead atoms. The molecule has 1 aromatic rings. The Morgan fingerprint density at radius 3 is 2.42 bits per heavy atom. The summed E-state index contributed by atoms with van der Waals surface area (Å²) in [6.07, 6.45) is 4.87. The molecule has 0 radical (unpaired) electrons. The van der Waals surface area contributed by atoms with Gasteiger partial charge in [-0.3, -0.25) is 0 Å². The van der Waals surface area contributed by atoms with Crippen LogP contribution < -0.4 is 5.73 Å². The standard InChI is InChI=1S/C14H19ClFNO.ClH/c15-11-6-10(7-12(16)8-11)13(17)14(18)9-4-2-1-3-5-9;/h6-9,13-14,18H,1-5,17H2;1H/t13-,14+;/m0./s1. The molecule has 0 spiro atoms. The lowest BCUT2D eigenvalue weighted by atomic mass is 9.81. The van der Waals surface area contributed by atoms with Crippen LogP contribution in [0.15, 0.2) is 18.2 Å². The van der Waals surface area contributed by atoms with Crippen LogP contribution in [0.25, 0.3) is 0 Å². The van der Waals surface area contributed by atoms with Crippen molar-refractivity contribution in [2.45, 2.75) is 44.2 Å². The zero-order valence-electron chi connectivity index (χ0n) is 10.7. The molecular weight excluding hydrogens is 288 g/mol. The fraction of sp³-hybridized carbons (Fsp3) is 0.571. The van der Waals surface area contributed by atoms with E-state index in [9.17, 15) is 9.50 Å². The summed E-state index contributed by atoms with van der Waals surface area (Å²) < 4.78 is 13.3. The van der Waals surface area contributed by atoms with E-state index in [1.54, 1.807) is 6.07 Å². The van der Waals surface area contributed by atoms with E-state index in [0.29, 0.717) is 10.6 Å². The molecule has 0 saturated heterocycles. The first-order chi connectivity index (χ1) is 8.58. The normalized spacial score (nSPS) is 19.6. The number of benzene rings is 1. The van der Waals surface area contributed by atoms with Crippen molar-refractivity contribution in [3.05, 3.63) is 34.6 Å². The van der Waals surface area contributed by atoms with Gasteiger partial charge in [-0.2, -0.15) is 0 Å². The molecule has 1 aromatic carbocycles. The number of hydrogen-bond donors (Lipinski definition) is 2. The third-order valence-corrected chi connectivity index (χ3v) is 3.99. The molecule has 0 aliphatic heterocycles. The van der Waals surface area contributed by atoms with Crippen molar-refractivity contribution in [2.75, 3.05) is 0 Å². The van der Waals surface area contributed by atoms with Gasteiger partial charge < -0.3 is 10.8 Å². The first kappa shape index (κ1) is 16.7. The molecule has 1 aliphatic carbocycles. The average molecular weight is 308 g/mol. The first-order valence-electron chi connectivity index (χ1n) is 6.47. The molecule has 2 nitrogen and oxygen atoms in total. The van der Waals surface area contributed by atoms with Gasteiger partial charge in [0.25, 0.3) is 0 Å². The highest BCUT2D eigenvalue weighted by molar-refractivity contribution is 6.30. The Hall–Kier alpha value is -0.350. The molecule has 0 aromatic heterocycles. The summed E-state index contributed by atoms with van der Waals surface area (Å²) in [6, 6.07) is 3.65. The summed E-state index contributed by atoms with van der Waals surface area (Å²) >= 11 is 5.81. The van der Waals surface area contributed by atoms with Crippen molar-refractivity contribution in [1.29, 1.82) is 0 Å². The number of hydrogen-bond acceptors (Lipinski definition) is 2. The zero-order valence-corrected chi connectivity index (χ0v) is 12.3. The van der Waals surface area contributed by atoms with Crippen LogP contribution >= 0.6 is 24.0 Å². The molecule has 0 heterocycles. The molecule has 1 fully saturated rings. The van der Waals surface area contributed by atoms with Crippen LogP contribution in [0.1, 0.15) is 43.7 Å². The van der Waals surface area contributed by atoms with E-state index in [4.69, 9.17) is 17.3 Å². The first-order valence-corrected chi connectivity index (χ1v) is 6.85. The molecule has 0 amide bonds. The Balaban J connectivity index is 0.00000180. The van der Waals surface area contributed by atoms with Gasteiger partial charge in [-0.25, -0.2) is 4.39 Å². The maximum Gasteiger partial charge on any atom is 0.125 e. The molecule has 108 valence electrons. The monoisotopic (exact) mass is 307 g/mol. The Bertz CT molecular complexity index is 390. The lowest BCUT2D eigenvalue weighted by Gasteiger charge is -2.30. The predicted molar refractivity (Wildman–Crippen MR) is 78.2 cm³/mol. The van der Waals surface area contributed by atoms with Crippen LogP contribution in [-0.4, -0.2) is 11.2 Å². The molecule has 19 heavy (non-hydrogen) atoms. The summed E-state index contributed by atoms with van der Waals surface area (Å²) in [5.41, 5.74) is 6.60. The van der Waals surface area contributed by atoms with Gasteiger partial charge >= 0.3 is 0 Å². The van der Waals surface area contributed by atoms with Gasteiger partial charge in [-0.1, -0.05) is 30.9 Å². The lowest BCUT2D eigenvalue weighted by Crippen LogP contribution is -2.34. The number of rotatable bonds is 3. The van der Waals surface area contributed by atoms with Crippen LogP contribution in [0.5, 0.6) is 0 Å². The minimum absolute atomic E-state index is 0. The van der Waals surface area contributed by atoms with E-state index in [-0.39, 0.29) is 18.3 Å². The van der Waals surface area contributed by atoms with E-state index in [0.717, 1.165) is 25.7 Å². The quantitative estimate of drug-likeness (QED) is 0.891. The molecule has 3 N–H and O–H groups in total. The lowest BCUT2D eigenvalue weighted by molar-refractivity contribution is 0.0617. The van der Waals surface area contributed by atoms with Crippen molar-refractivity contribution >= 4 is 24.0 Å². The van der Waals surface area contributed by atoms with Gasteiger partial charge in [0.2, 0.25) is 0 Å². The van der Waals surface area contributed by atoms with Gasteiger partial charge in [-0.05, 0) is 42.5 Å². The van der Waals surface area contributed by atoms with Crippen LogP contribution in [0.4, 0.5) is 4.39 Å². The van der Waals surface area contributed by atoms with E-state index < -0.39 is 18.0 Å².